The largest absolute Gasteiger partial charge is 0.478 e. The molecule has 0 heterocycles. The summed E-state index contributed by atoms with van der Waals surface area (Å²) in [4.78, 5) is 21.6. The van der Waals surface area contributed by atoms with Gasteiger partial charge in [0.1, 0.15) is 5.75 Å². The SMILES string of the molecule is COC(=O)C(C)Oc1ccc(C=CC(=O)O)cc1Cl. The predicted molar refractivity (Wildman–Crippen MR) is 70.2 cm³/mol. The Hall–Kier alpha value is -2.01. The van der Waals surface area contributed by atoms with Crippen molar-refractivity contribution in [2.75, 3.05) is 7.11 Å². The van der Waals surface area contributed by atoms with Gasteiger partial charge in [0.25, 0.3) is 0 Å². The first-order valence-corrected chi connectivity index (χ1v) is 5.77. The molecule has 5 nitrogen and oxygen atoms in total. The molecular formula is C13H13ClO5. The van der Waals surface area contributed by atoms with Crippen molar-refractivity contribution in [3.63, 3.8) is 0 Å². The van der Waals surface area contributed by atoms with Gasteiger partial charge in [-0.05, 0) is 30.7 Å². The van der Waals surface area contributed by atoms with Crippen LogP contribution in [0.1, 0.15) is 12.5 Å². The van der Waals surface area contributed by atoms with Crippen LogP contribution in [0.15, 0.2) is 24.3 Å². The summed E-state index contributed by atoms with van der Waals surface area (Å²) >= 11 is 5.98. The molecule has 0 aliphatic heterocycles. The van der Waals surface area contributed by atoms with Crippen LogP contribution in [0, 0.1) is 0 Å². The second kappa shape index (κ2) is 6.80. The summed E-state index contributed by atoms with van der Waals surface area (Å²) in [5, 5.41) is 8.79. The molecule has 0 aromatic heterocycles. The van der Waals surface area contributed by atoms with Crippen LogP contribution >= 0.6 is 11.6 Å². The Morgan fingerprint density at radius 1 is 1.42 bits per heavy atom. The van der Waals surface area contributed by atoms with E-state index < -0.39 is 18.0 Å². The van der Waals surface area contributed by atoms with Gasteiger partial charge in [-0.25, -0.2) is 9.59 Å². The van der Waals surface area contributed by atoms with Gasteiger partial charge in [-0.15, -0.1) is 0 Å². The highest BCUT2D eigenvalue weighted by atomic mass is 35.5. The summed E-state index contributed by atoms with van der Waals surface area (Å²) in [5.41, 5.74) is 0.616. The fraction of sp³-hybridized carbons (Fsp3) is 0.231. The number of ether oxygens (including phenoxy) is 2. The standard InChI is InChI=1S/C13H13ClO5/c1-8(13(17)18-2)19-11-5-3-9(7-10(11)14)4-6-12(15)16/h3-8H,1-2H3,(H,15,16). The van der Waals surface area contributed by atoms with Crippen LogP contribution in [0.5, 0.6) is 5.75 Å². The molecule has 0 aliphatic rings. The monoisotopic (exact) mass is 284 g/mol. The quantitative estimate of drug-likeness (QED) is 0.664. The predicted octanol–water partition coefficient (Wildman–Crippen LogP) is 2.38. The van der Waals surface area contributed by atoms with Gasteiger partial charge >= 0.3 is 11.9 Å². The van der Waals surface area contributed by atoms with Gasteiger partial charge in [-0.1, -0.05) is 17.7 Å². The lowest BCUT2D eigenvalue weighted by Gasteiger charge is -2.13. The third kappa shape index (κ3) is 4.63. The molecule has 0 fully saturated rings. The molecule has 6 heteroatoms. The molecule has 19 heavy (non-hydrogen) atoms. The van der Waals surface area contributed by atoms with Crippen LogP contribution in [0.4, 0.5) is 0 Å². The summed E-state index contributed by atoms with van der Waals surface area (Å²) in [6.07, 6.45) is 1.63. The number of hydrogen-bond donors (Lipinski definition) is 1. The number of carboxylic acids is 1. The number of esters is 1. The zero-order valence-electron chi connectivity index (χ0n) is 10.4. The van der Waals surface area contributed by atoms with E-state index in [4.69, 9.17) is 21.4 Å². The molecule has 1 atom stereocenters. The highest BCUT2D eigenvalue weighted by Gasteiger charge is 2.16. The van der Waals surface area contributed by atoms with Gasteiger partial charge in [0, 0.05) is 6.08 Å². The molecule has 0 spiro atoms. The first-order chi connectivity index (χ1) is 8.93. The number of methoxy groups -OCH3 is 1. The number of benzene rings is 1. The molecule has 1 rings (SSSR count). The van der Waals surface area contributed by atoms with Crippen molar-refractivity contribution < 1.29 is 24.2 Å². The number of carbonyl (C=O) groups excluding carboxylic acids is 1. The smallest absolute Gasteiger partial charge is 0.346 e. The zero-order valence-corrected chi connectivity index (χ0v) is 11.2. The lowest BCUT2D eigenvalue weighted by Crippen LogP contribution is -2.25. The Morgan fingerprint density at radius 2 is 2.11 bits per heavy atom. The number of aliphatic carboxylic acids is 1. The van der Waals surface area contributed by atoms with E-state index in [0.717, 1.165) is 6.08 Å². The fourth-order valence-electron chi connectivity index (χ4n) is 1.29. The first kappa shape index (κ1) is 15.0. The summed E-state index contributed by atoms with van der Waals surface area (Å²) in [7, 11) is 1.27. The highest BCUT2D eigenvalue weighted by Crippen LogP contribution is 2.27. The van der Waals surface area contributed by atoms with Crippen molar-refractivity contribution in [1.82, 2.24) is 0 Å². The van der Waals surface area contributed by atoms with E-state index in [1.807, 2.05) is 0 Å². The highest BCUT2D eigenvalue weighted by molar-refractivity contribution is 6.32. The van der Waals surface area contributed by atoms with Crippen molar-refractivity contribution in [1.29, 1.82) is 0 Å². The molecule has 0 radical (unpaired) electrons. The van der Waals surface area contributed by atoms with Crippen molar-refractivity contribution in [3.8, 4) is 5.75 Å². The van der Waals surface area contributed by atoms with Gasteiger partial charge in [-0.3, -0.25) is 0 Å². The van der Waals surface area contributed by atoms with Crippen molar-refractivity contribution in [2.24, 2.45) is 0 Å². The average Bonchev–Trinajstić information content (AvgIpc) is 2.38. The van der Waals surface area contributed by atoms with Crippen LogP contribution in [-0.2, 0) is 14.3 Å². The van der Waals surface area contributed by atoms with Crippen LogP contribution in [0.25, 0.3) is 6.08 Å². The van der Waals surface area contributed by atoms with Gasteiger partial charge in [0.2, 0.25) is 0 Å². The summed E-state index contributed by atoms with van der Waals surface area (Å²) in [6.45, 7) is 1.54. The molecule has 0 saturated heterocycles. The lowest BCUT2D eigenvalue weighted by atomic mass is 10.2. The Balaban J connectivity index is 2.83. The molecule has 0 aliphatic carbocycles. The average molecular weight is 285 g/mol. The van der Waals surface area contributed by atoms with E-state index in [1.165, 1.54) is 13.2 Å². The molecule has 0 saturated carbocycles. The molecular weight excluding hydrogens is 272 g/mol. The van der Waals surface area contributed by atoms with Crippen LogP contribution < -0.4 is 4.74 Å². The van der Waals surface area contributed by atoms with E-state index in [9.17, 15) is 9.59 Å². The zero-order chi connectivity index (χ0) is 14.4. The maximum atomic E-state index is 11.2. The summed E-state index contributed by atoms with van der Waals surface area (Å²) < 4.78 is 9.86. The van der Waals surface area contributed by atoms with Crippen LogP contribution in [0.3, 0.4) is 0 Å². The Kier molecular flexibility index (Phi) is 5.38. The topological polar surface area (TPSA) is 72.8 Å². The number of carbonyl (C=O) groups is 2. The minimum absolute atomic E-state index is 0.281. The number of halogens is 1. The first-order valence-electron chi connectivity index (χ1n) is 5.39. The molecule has 102 valence electrons. The minimum atomic E-state index is -1.05. The molecule has 1 unspecified atom stereocenters. The molecule has 1 aromatic rings. The molecule has 1 aromatic carbocycles. The summed E-state index contributed by atoms with van der Waals surface area (Å²) in [6, 6.07) is 4.73. The Labute approximate surface area is 115 Å². The van der Waals surface area contributed by atoms with E-state index in [0.29, 0.717) is 11.3 Å². The van der Waals surface area contributed by atoms with E-state index in [-0.39, 0.29) is 5.02 Å². The molecule has 1 N–H and O–H groups in total. The second-order valence-electron chi connectivity index (χ2n) is 3.64. The lowest BCUT2D eigenvalue weighted by molar-refractivity contribution is -0.147. The molecule has 0 bridgehead atoms. The number of carboxylic acid groups (broad SMARTS) is 1. The van der Waals surface area contributed by atoms with Crippen molar-refractivity contribution in [2.45, 2.75) is 13.0 Å². The second-order valence-corrected chi connectivity index (χ2v) is 4.05. The third-order valence-corrected chi connectivity index (χ3v) is 2.51. The number of rotatable bonds is 5. The van der Waals surface area contributed by atoms with Crippen LogP contribution in [0.2, 0.25) is 5.02 Å². The van der Waals surface area contributed by atoms with Gasteiger partial charge in [0.05, 0.1) is 12.1 Å². The maximum Gasteiger partial charge on any atom is 0.346 e. The summed E-state index contributed by atoms with van der Waals surface area (Å²) in [5.74, 6) is -1.23. The van der Waals surface area contributed by atoms with E-state index in [2.05, 4.69) is 4.74 Å². The van der Waals surface area contributed by atoms with Gasteiger partial charge in [-0.2, -0.15) is 0 Å². The van der Waals surface area contributed by atoms with Gasteiger partial charge in [0.15, 0.2) is 6.10 Å². The minimum Gasteiger partial charge on any atom is -0.478 e. The Morgan fingerprint density at radius 3 is 2.63 bits per heavy atom. The van der Waals surface area contributed by atoms with Crippen molar-refractivity contribution in [3.05, 3.63) is 34.9 Å². The van der Waals surface area contributed by atoms with Crippen LogP contribution in [-0.4, -0.2) is 30.3 Å². The van der Waals surface area contributed by atoms with E-state index in [1.54, 1.807) is 25.1 Å². The van der Waals surface area contributed by atoms with Crippen molar-refractivity contribution >= 4 is 29.6 Å². The van der Waals surface area contributed by atoms with E-state index >= 15 is 0 Å². The Bertz CT molecular complexity index is 510. The number of hydrogen-bond acceptors (Lipinski definition) is 4. The molecule has 0 amide bonds. The fourth-order valence-corrected chi connectivity index (χ4v) is 1.52. The normalized spacial score (nSPS) is 12.2. The van der Waals surface area contributed by atoms with Gasteiger partial charge < -0.3 is 14.6 Å². The third-order valence-electron chi connectivity index (χ3n) is 2.21. The maximum absolute atomic E-state index is 11.2.